The molecule has 0 aliphatic rings. The smallest absolute Gasteiger partial charge is 0.277 e. The second-order valence-corrected chi connectivity index (χ2v) is 5.56. The summed E-state index contributed by atoms with van der Waals surface area (Å²) in [6, 6.07) is 15.2. The molecular formula is C18H17BrN2O2. The van der Waals surface area contributed by atoms with Crippen molar-refractivity contribution in [2.45, 2.75) is 6.42 Å². The molecule has 118 valence electrons. The molecule has 0 spiro atoms. The largest absolute Gasteiger partial charge is 0.483 e. The number of hydrogen-bond donors (Lipinski definition) is 1. The van der Waals surface area contributed by atoms with E-state index in [1.54, 1.807) is 12.3 Å². The van der Waals surface area contributed by atoms with Crippen LogP contribution in [0.2, 0.25) is 0 Å². The summed E-state index contributed by atoms with van der Waals surface area (Å²) in [5, 5.41) is 3.92. The Balaban J connectivity index is 1.86. The van der Waals surface area contributed by atoms with Gasteiger partial charge in [0.05, 0.1) is 6.21 Å². The molecule has 0 aliphatic carbocycles. The summed E-state index contributed by atoms with van der Waals surface area (Å²) < 4.78 is 6.44. The van der Waals surface area contributed by atoms with Gasteiger partial charge in [-0.15, -0.1) is 6.58 Å². The SMILES string of the molecule is C=CCc1ccccc1OCC(=O)NN=Cc1ccccc1Br. The van der Waals surface area contributed by atoms with Crippen LogP contribution in [0.5, 0.6) is 5.75 Å². The van der Waals surface area contributed by atoms with E-state index in [9.17, 15) is 4.79 Å². The third-order valence-electron chi connectivity index (χ3n) is 2.99. The first kappa shape index (κ1) is 17.0. The van der Waals surface area contributed by atoms with Gasteiger partial charge < -0.3 is 4.74 Å². The van der Waals surface area contributed by atoms with Gasteiger partial charge in [-0.2, -0.15) is 5.10 Å². The standard InChI is InChI=1S/C18H17BrN2O2/c1-2-7-14-8-4-6-11-17(14)23-13-18(22)21-20-12-15-9-3-5-10-16(15)19/h2-6,8-12H,1,7,13H2,(H,21,22). The van der Waals surface area contributed by atoms with Crippen molar-refractivity contribution in [3.63, 3.8) is 0 Å². The highest BCUT2D eigenvalue weighted by Gasteiger charge is 2.05. The number of hydrogen-bond acceptors (Lipinski definition) is 3. The molecule has 1 amide bonds. The van der Waals surface area contributed by atoms with Gasteiger partial charge in [0.25, 0.3) is 5.91 Å². The number of allylic oxidation sites excluding steroid dienone is 1. The van der Waals surface area contributed by atoms with Crippen molar-refractivity contribution in [1.82, 2.24) is 5.43 Å². The highest BCUT2D eigenvalue weighted by atomic mass is 79.9. The van der Waals surface area contributed by atoms with Crippen LogP contribution >= 0.6 is 15.9 Å². The molecule has 23 heavy (non-hydrogen) atoms. The lowest BCUT2D eigenvalue weighted by atomic mass is 10.1. The van der Waals surface area contributed by atoms with Gasteiger partial charge in [-0.1, -0.05) is 58.4 Å². The highest BCUT2D eigenvalue weighted by molar-refractivity contribution is 9.10. The predicted octanol–water partition coefficient (Wildman–Crippen LogP) is 3.71. The summed E-state index contributed by atoms with van der Waals surface area (Å²) >= 11 is 3.41. The average molecular weight is 373 g/mol. The maximum absolute atomic E-state index is 11.8. The van der Waals surface area contributed by atoms with Crippen LogP contribution in [0.15, 0.2) is 70.8 Å². The number of benzene rings is 2. The molecule has 0 fully saturated rings. The molecule has 0 radical (unpaired) electrons. The van der Waals surface area contributed by atoms with E-state index >= 15 is 0 Å². The van der Waals surface area contributed by atoms with E-state index in [1.165, 1.54) is 0 Å². The Bertz CT molecular complexity index is 714. The van der Waals surface area contributed by atoms with Crippen LogP contribution in [0.4, 0.5) is 0 Å². The monoisotopic (exact) mass is 372 g/mol. The molecule has 2 rings (SSSR count). The topological polar surface area (TPSA) is 50.7 Å². The van der Waals surface area contributed by atoms with Crippen LogP contribution in [0.1, 0.15) is 11.1 Å². The maximum atomic E-state index is 11.8. The molecule has 0 atom stereocenters. The first-order valence-electron chi connectivity index (χ1n) is 7.08. The summed E-state index contributed by atoms with van der Waals surface area (Å²) in [7, 11) is 0. The minimum atomic E-state index is -0.318. The van der Waals surface area contributed by atoms with E-state index in [4.69, 9.17) is 4.74 Å². The van der Waals surface area contributed by atoms with Crippen LogP contribution in [0.25, 0.3) is 0 Å². The number of carbonyl (C=O) groups excluding carboxylic acids is 1. The zero-order valence-corrected chi connectivity index (χ0v) is 14.1. The molecule has 0 bridgehead atoms. The number of carbonyl (C=O) groups is 1. The van der Waals surface area contributed by atoms with Gasteiger partial charge in [-0.25, -0.2) is 5.43 Å². The second-order valence-electron chi connectivity index (χ2n) is 4.70. The van der Waals surface area contributed by atoms with Crippen LogP contribution in [0.3, 0.4) is 0 Å². The minimum absolute atomic E-state index is 0.0958. The number of halogens is 1. The number of hydrazone groups is 1. The Morgan fingerprint density at radius 1 is 1.22 bits per heavy atom. The lowest BCUT2D eigenvalue weighted by Crippen LogP contribution is -2.24. The Morgan fingerprint density at radius 2 is 1.96 bits per heavy atom. The van der Waals surface area contributed by atoms with Crippen LogP contribution in [-0.2, 0) is 11.2 Å². The van der Waals surface area contributed by atoms with Crippen molar-refractivity contribution in [2.24, 2.45) is 5.10 Å². The van der Waals surface area contributed by atoms with Crippen molar-refractivity contribution < 1.29 is 9.53 Å². The van der Waals surface area contributed by atoms with Crippen molar-refractivity contribution in [3.05, 3.63) is 76.8 Å². The normalized spacial score (nSPS) is 10.5. The summed E-state index contributed by atoms with van der Waals surface area (Å²) in [4.78, 5) is 11.8. The first-order chi connectivity index (χ1) is 11.2. The van der Waals surface area contributed by atoms with Crippen molar-refractivity contribution in [3.8, 4) is 5.75 Å². The predicted molar refractivity (Wildman–Crippen MR) is 95.7 cm³/mol. The summed E-state index contributed by atoms with van der Waals surface area (Å²) in [6.45, 7) is 3.62. The molecule has 0 saturated carbocycles. The third-order valence-corrected chi connectivity index (χ3v) is 3.72. The van der Waals surface area contributed by atoms with Crippen molar-refractivity contribution >= 4 is 28.1 Å². The lowest BCUT2D eigenvalue weighted by Gasteiger charge is -2.09. The third kappa shape index (κ3) is 5.38. The lowest BCUT2D eigenvalue weighted by molar-refractivity contribution is -0.123. The molecule has 0 saturated heterocycles. The fraction of sp³-hybridized carbons (Fsp3) is 0.111. The Labute approximate surface area is 144 Å². The minimum Gasteiger partial charge on any atom is -0.483 e. The van der Waals surface area contributed by atoms with Crippen LogP contribution in [0, 0.1) is 0 Å². The first-order valence-corrected chi connectivity index (χ1v) is 7.88. The number of nitrogens with zero attached hydrogens (tertiary/aromatic N) is 1. The number of amides is 1. The molecule has 0 aromatic heterocycles. The zero-order chi connectivity index (χ0) is 16.5. The van der Waals surface area contributed by atoms with Gasteiger partial charge >= 0.3 is 0 Å². The van der Waals surface area contributed by atoms with E-state index in [2.05, 4.69) is 33.0 Å². The molecule has 1 N–H and O–H groups in total. The maximum Gasteiger partial charge on any atom is 0.277 e. The Hall–Kier alpha value is -2.40. The van der Waals surface area contributed by atoms with E-state index in [0.29, 0.717) is 12.2 Å². The van der Waals surface area contributed by atoms with Gasteiger partial charge in [0.1, 0.15) is 5.75 Å². The fourth-order valence-electron chi connectivity index (χ4n) is 1.90. The molecule has 0 aliphatic heterocycles. The summed E-state index contributed by atoms with van der Waals surface area (Å²) in [5.74, 6) is 0.360. The quantitative estimate of drug-likeness (QED) is 0.457. The van der Waals surface area contributed by atoms with Gasteiger partial charge in [0.2, 0.25) is 0 Å². The Morgan fingerprint density at radius 3 is 2.74 bits per heavy atom. The molecule has 0 unspecified atom stereocenters. The number of ether oxygens (including phenoxy) is 1. The van der Waals surface area contributed by atoms with Gasteiger partial charge in [-0.3, -0.25) is 4.79 Å². The molecule has 4 nitrogen and oxygen atoms in total. The Kier molecular flexibility index (Phi) is 6.56. The van der Waals surface area contributed by atoms with Crippen LogP contribution in [-0.4, -0.2) is 18.7 Å². The van der Waals surface area contributed by atoms with E-state index in [1.807, 2.05) is 48.5 Å². The summed E-state index contributed by atoms with van der Waals surface area (Å²) in [5.41, 5.74) is 4.32. The van der Waals surface area contributed by atoms with Gasteiger partial charge in [0.15, 0.2) is 6.61 Å². The van der Waals surface area contributed by atoms with E-state index in [0.717, 1.165) is 15.6 Å². The summed E-state index contributed by atoms with van der Waals surface area (Å²) in [6.07, 6.45) is 4.07. The fourth-order valence-corrected chi connectivity index (χ4v) is 2.29. The number of nitrogens with one attached hydrogen (secondary N) is 1. The van der Waals surface area contributed by atoms with Crippen molar-refractivity contribution in [2.75, 3.05) is 6.61 Å². The number of rotatable bonds is 7. The second kappa shape index (κ2) is 8.90. The molecule has 5 heteroatoms. The molecular weight excluding hydrogens is 356 g/mol. The van der Waals surface area contributed by atoms with E-state index in [-0.39, 0.29) is 12.5 Å². The van der Waals surface area contributed by atoms with Crippen LogP contribution < -0.4 is 10.2 Å². The molecule has 2 aromatic carbocycles. The van der Waals surface area contributed by atoms with Gasteiger partial charge in [-0.05, 0) is 24.1 Å². The average Bonchev–Trinajstić information content (AvgIpc) is 2.56. The highest BCUT2D eigenvalue weighted by Crippen LogP contribution is 2.18. The zero-order valence-electron chi connectivity index (χ0n) is 12.5. The molecule has 2 aromatic rings. The van der Waals surface area contributed by atoms with E-state index < -0.39 is 0 Å². The van der Waals surface area contributed by atoms with Gasteiger partial charge in [0, 0.05) is 10.0 Å². The van der Waals surface area contributed by atoms with Crippen molar-refractivity contribution in [1.29, 1.82) is 0 Å². The molecule has 0 heterocycles. The number of para-hydroxylation sites is 1.